The molecule has 0 amide bonds. The van der Waals surface area contributed by atoms with Crippen molar-refractivity contribution >= 4 is 26.7 Å². The lowest BCUT2D eigenvalue weighted by Crippen LogP contribution is -1.79. The highest BCUT2D eigenvalue weighted by atomic mass is 32.1. The van der Waals surface area contributed by atoms with E-state index in [1.54, 1.807) is 0 Å². The minimum absolute atomic E-state index is 0.593. The van der Waals surface area contributed by atoms with E-state index in [4.69, 9.17) is 5.73 Å². The molecule has 2 rings (SSSR count). The maximum absolute atomic E-state index is 5.51. The van der Waals surface area contributed by atoms with E-state index in [2.05, 4.69) is 17.1 Å². The van der Waals surface area contributed by atoms with E-state index < -0.39 is 0 Å². The molecule has 3 heteroatoms. The Bertz CT molecular complexity index is 392. The normalized spacial score (nSPS) is 9.91. The zero-order chi connectivity index (χ0) is 7.84. The highest BCUT2D eigenvalue weighted by Crippen LogP contribution is 2.21. The maximum atomic E-state index is 5.51. The van der Waals surface area contributed by atoms with Crippen molar-refractivity contribution in [3.8, 4) is 0 Å². The number of anilines is 1. The molecule has 0 saturated carbocycles. The molecule has 1 aromatic heterocycles. The van der Waals surface area contributed by atoms with Crippen LogP contribution in [0.3, 0.4) is 0 Å². The lowest BCUT2D eigenvalue weighted by Gasteiger charge is -1.82. The Morgan fingerprint density at radius 1 is 1.55 bits per heavy atom. The molecule has 2 N–H and O–H groups in total. The fraction of sp³-hybridized carbons (Fsp3) is 0.125. The minimum Gasteiger partial charge on any atom is -0.375 e. The highest BCUT2D eigenvalue weighted by molar-refractivity contribution is 7.21. The van der Waals surface area contributed by atoms with Crippen molar-refractivity contribution < 1.29 is 0 Å². The zero-order valence-corrected chi connectivity index (χ0v) is 6.83. The van der Waals surface area contributed by atoms with Crippen LogP contribution in [0.4, 0.5) is 5.13 Å². The standard InChI is InChI=1S/C8H6N2S/c1-5-2-3-7-6(4-5)10-8(9)11-7/h4H,1H3,(H2,9,10). The molecule has 0 aliphatic carbocycles. The third-order valence-corrected chi connectivity index (χ3v) is 2.21. The minimum atomic E-state index is 0.593. The summed E-state index contributed by atoms with van der Waals surface area (Å²) < 4.78 is 0.980. The van der Waals surface area contributed by atoms with Gasteiger partial charge < -0.3 is 5.73 Å². The predicted molar refractivity (Wildman–Crippen MR) is 46.4 cm³/mol. The molecule has 1 aromatic carbocycles. The van der Waals surface area contributed by atoms with Gasteiger partial charge in [-0.2, -0.15) is 0 Å². The lowest BCUT2D eigenvalue weighted by molar-refractivity contribution is 1.46. The molecule has 54 valence electrons. The van der Waals surface area contributed by atoms with E-state index in [9.17, 15) is 0 Å². The molecule has 0 aliphatic rings. The van der Waals surface area contributed by atoms with Crippen LogP contribution in [0.2, 0.25) is 0 Å². The van der Waals surface area contributed by atoms with Gasteiger partial charge in [0.1, 0.15) is 4.70 Å². The first kappa shape index (κ1) is 6.44. The predicted octanol–water partition coefficient (Wildman–Crippen LogP) is 1.79. The number of nitrogens with two attached hydrogens (primary N) is 1. The SMILES string of the molecule is Cc1c#cc2sc(N)nc2c1. The summed E-state index contributed by atoms with van der Waals surface area (Å²) in [6.07, 6.45) is 0. The van der Waals surface area contributed by atoms with E-state index in [1.165, 1.54) is 11.3 Å². The van der Waals surface area contributed by atoms with Crippen LogP contribution in [0.1, 0.15) is 5.56 Å². The van der Waals surface area contributed by atoms with Gasteiger partial charge in [-0.25, -0.2) is 4.98 Å². The van der Waals surface area contributed by atoms with Crippen LogP contribution >= 0.6 is 11.3 Å². The number of fused-ring (bicyclic) bond motifs is 1. The molecule has 11 heavy (non-hydrogen) atoms. The summed E-state index contributed by atoms with van der Waals surface area (Å²) in [5.41, 5.74) is 7.48. The van der Waals surface area contributed by atoms with Crippen LogP contribution in [0.15, 0.2) is 6.07 Å². The van der Waals surface area contributed by atoms with Gasteiger partial charge in [0.15, 0.2) is 5.13 Å². The molecule has 0 saturated heterocycles. The van der Waals surface area contributed by atoms with Crippen LogP contribution < -0.4 is 5.73 Å². The van der Waals surface area contributed by atoms with Crippen molar-refractivity contribution in [3.05, 3.63) is 23.8 Å². The van der Waals surface area contributed by atoms with Gasteiger partial charge >= 0.3 is 0 Å². The molecule has 0 radical (unpaired) electrons. The first-order chi connectivity index (χ1) is 5.25. The van der Waals surface area contributed by atoms with Gasteiger partial charge in [-0.1, -0.05) is 17.4 Å². The van der Waals surface area contributed by atoms with E-state index in [-0.39, 0.29) is 0 Å². The number of nitrogen functional groups attached to an aromatic ring is 1. The average molecular weight is 162 g/mol. The van der Waals surface area contributed by atoms with Crippen molar-refractivity contribution in [2.45, 2.75) is 6.92 Å². The summed E-state index contributed by atoms with van der Waals surface area (Å²) >= 11 is 1.44. The third kappa shape index (κ3) is 1.02. The van der Waals surface area contributed by atoms with Crippen molar-refractivity contribution in [2.24, 2.45) is 0 Å². The van der Waals surface area contributed by atoms with E-state index in [0.29, 0.717) is 5.13 Å². The second kappa shape index (κ2) is 2.11. The average Bonchev–Trinajstić information content (AvgIpc) is 2.27. The van der Waals surface area contributed by atoms with Gasteiger partial charge in [0, 0.05) is 5.56 Å². The Balaban J connectivity index is 2.82. The number of hydrogen-bond acceptors (Lipinski definition) is 3. The Labute approximate surface area is 68.7 Å². The fourth-order valence-electron chi connectivity index (χ4n) is 0.933. The number of nitrogens with zero attached hydrogens (tertiary/aromatic N) is 1. The number of thiazole rings is 1. The van der Waals surface area contributed by atoms with Crippen molar-refractivity contribution in [1.29, 1.82) is 0 Å². The molecular weight excluding hydrogens is 156 g/mol. The van der Waals surface area contributed by atoms with Gasteiger partial charge in [0.25, 0.3) is 0 Å². The summed E-state index contributed by atoms with van der Waals surface area (Å²) in [4.78, 5) is 4.12. The molecule has 0 aliphatic heterocycles. The number of aromatic nitrogens is 1. The monoisotopic (exact) mass is 162 g/mol. The second-order valence-corrected chi connectivity index (χ2v) is 3.37. The van der Waals surface area contributed by atoms with E-state index >= 15 is 0 Å². The van der Waals surface area contributed by atoms with Crippen molar-refractivity contribution in [2.75, 3.05) is 5.73 Å². The molecule has 0 fully saturated rings. The van der Waals surface area contributed by atoms with E-state index in [0.717, 1.165) is 15.8 Å². The number of hydrogen-bond donors (Lipinski definition) is 1. The summed E-state index contributed by atoms with van der Waals surface area (Å²) in [5.74, 6) is 0. The Hall–Kier alpha value is -1.27. The summed E-state index contributed by atoms with van der Waals surface area (Å²) in [5, 5.41) is 0.593. The first-order valence-electron chi connectivity index (χ1n) is 3.22. The molecule has 1 heterocycles. The van der Waals surface area contributed by atoms with Gasteiger partial charge in [0.05, 0.1) is 5.52 Å². The van der Waals surface area contributed by atoms with Crippen molar-refractivity contribution in [1.82, 2.24) is 4.98 Å². The quantitative estimate of drug-likeness (QED) is 0.641. The molecular formula is C8H6N2S. The number of rotatable bonds is 0. The van der Waals surface area contributed by atoms with Crippen LogP contribution in [0.5, 0.6) is 0 Å². The van der Waals surface area contributed by atoms with Gasteiger partial charge in [-0.05, 0) is 19.1 Å². The molecule has 2 nitrogen and oxygen atoms in total. The Morgan fingerprint density at radius 2 is 2.36 bits per heavy atom. The highest BCUT2D eigenvalue weighted by Gasteiger charge is 1.98. The third-order valence-electron chi connectivity index (χ3n) is 1.40. The Kier molecular flexibility index (Phi) is 1.23. The van der Waals surface area contributed by atoms with Crippen LogP contribution in [-0.4, -0.2) is 4.98 Å². The van der Waals surface area contributed by atoms with Crippen LogP contribution in [-0.2, 0) is 0 Å². The topological polar surface area (TPSA) is 38.9 Å². The molecule has 0 atom stereocenters. The molecule has 0 spiro atoms. The van der Waals surface area contributed by atoms with Gasteiger partial charge in [0.2, 0.25) is 0 Å². The van der Waals surface area contributed by atoms with Crippen LogP contribution in [0, 0.1) is 19.1 Å². The summed E-state index contributed by atoms with van der Waals surface area (Å²) in [7, 11) is 0. The Morgan fingerprint density at radius 3 is 3.18 bits per heavy atom. The van der Waals surface area contributed by atoms with Crippen LogP contribution in [0.25, 0.3) is 10.2 Å². The largest absolute Gasteiger partial charge is 0.375 e. The molecule has 0 unspecified atom stereocenters. The number of aryl methyl sites for hydroxylation is 1. The first-order valence-corrected chi connectivity index (χ1v) is 4.04. The zero-order valence-electron chi connectivity index (χ0n) is 6.01. The van der Waals surface area contributed by atoms with E-state index in [1.807, 2.05) is 13.0 Å². The van der Waals surface area contributed by atoms with Gasteiger partial charge in [-0.3, -0.25) is 0 Å². The van der Waals surface area contributed by atoms with Gasteiger partial charge in [-0.15, -0.1) is 0 Å². The maximum Gasteiger partial charge on any atom is 0.181 e. The lowest BCUT2D eigenvalue weighted by atomic mass is 10.3. The smallest absolute Gasteiger partial charge is 0.181 e. The summed E-state index contributed by atoms with van der Waals surface area (Å²) in [6.45, 7) is 1.96. The summed E-state index contributed by atoms with van der Waals surface area (Å²) in [6, 6.07) is 7.93. The second-order valence-electron chi connectivity index (χ2n) is 2.34. The van der Waals surface area contributed by atoms with Crippen molar-refractivity contribution in [3.63, 3.8) is 0 Å². The fourth-order valence-corrected chi connectivity index (χ4v) is 1.60. The molecule has 2 aromatic rings. The molecule has 0 bridgehead atoms.